The van der Waals surface area contributed by atoms with E-state index in [0.29, 0.717) is 11.8 Å². The Kier molecular flexibility index (Phi) is 7.51. The summed E-state index contributed by atoms with van der Waals surface area (Å²) in [6.45, 7) is 12.0. The van der Waals surface area contributed by atoms with Crippen LogP contribution in [0.5, 0.6) is 0 Å². The van der Waals surface area contributed by atoms with Gasteiger partial charge in [-0.1, -0.05) is 97.9 Å². The van der Waals surface area contributed by atoms with Gasteiger partial charge in [0.05, 0.1) is 0 Å². The van der Waals surface area contributed by atoms with E-state index in [1.165, 1.54) is 16.7 Å². The third kappa shape index (κ3) is 6.53. The SMILES string of the molecule is CC(C[Si](C)(C)O[Si](C)(C)CC(c1ccccc1)c1ccccc1)c1ccccc1. The van der Waals surface area contributed by atoms with Crippen molar-refractivity contribution in [3.05, 3.63) is 108 Å². The molecule has 0 aliphatic heterocycles. The molecular weight excluding hydrogens is 396 g/mol. The fourth-order valence-electron chi connectivity index (χ4n) is 4.76. The molecule has 3 heteroatoms. The van der Waals surface area contributed by atoms with E-state index in [9.17, 15) is 0 Å². The van der Waals surface area contributed by atoms with E-state index in [1.807, 2.05) is 0 Å². The molecule has 3 rings (SSSR count). The monoisotopic (exact) mass is 432 g/mol. The van der Waals surface area contributed by atoms with E-state index in [-0.39, 0.29) is 0 Å². The van der Waals surface area contributed by atoms with E-state index in [0.717, 1.165) is 12.1 Å². The quantitative estimate of drug-likeness (QED) is 0.311. The van der Waals surface area contributed by atoms with Crippen molar-refractivity contribution in [1.82, 2.24) is 0 Å². The van der Waals surface area contributed by atoms with Crippen LogP contribution in [0.1, 0.15) is 35.4 Å². The van der Waals surface area contributed by atoms with E-state index in [1.54, 1.807) is 0 Å². The molecule has 0 amide bonds. The van der Waals surface area contributed by atoms with Gasteiger partial charge in [-0.3, -0.25) is 0 Å². The lowest BCUT2D eigenvalue weighted by Crippen LogP contribution is -2.45. The Labute approximate surface area is 185 Å². The van der Waals surface area contributed by atoms with Crippen molar-refractivity contribution in [1.29, 1.82) is 0 Å². The van der Waals surface area contributed by atoms with Crippen LogP contribution in [0.15, 0.2) is 91.0 Å². The maximum absolute atomic E-state index is 7.07. The third-order valence-corrected chi connectivity index (χ3v) is 13.2. The van der Waals surface area contributed by atoms with Gasteiger partial charge in [0.2, 0.25) is 0 Å². The van der Waals surface area contributed by atoms with Crippen LogP contribution in [0, 0.1) is 0 Å². The van der Waals surface area contributed by atoms with Gasteiger partial charge in [0.15, 0.2) is 16.6 Å². The highest BCUT2D eigenvalue weighted by molar-refractivity contribution is 6.85. The molecule has 0 radical (unpaired) electrons. The Balaban J connectivity index is 1.75. The molecule has 0 heterocycles. The first kappa shape index (κ1) is 22.7. The highest BCUT2D eigenvalue weighted by Gasteiger charge is 2.36. The Morgan fingerprint density at radius 1 is 0.567 bits per heavy atom. The van der Waals surface area contributed by atoms with Gasteiger partial charge >= 0.3 is 0 Å². The molecule has 3 aromatic carbocycles. The first-order chi connectivity index (χ1) is 14.3. The molecular formula is C27H36OSi2. The molecule has 0 aliphatic carbocycles. The van der Waals surface area contributed by atoms with Crippen LogP contribution in [-0.2, 0) is 4.12 Å². The minimum Gasteiger partial charge on any atom is -0.455 e. The fraction of sp³-hybridized carbons (Fsp3) is 0.333. The van der Waals surface area contributed by atoms with Crippen LogP contribution in [0.3, 0.4) is 0 Å². The van der Waals surface area contributed by atoms with Gasteiger partial charge in [0, 0.05) is 5.92 Å². The molecule has 0 spiro atoms. The summed E-state index contributed by atoms with van der Waals surface area (Å²) in [4.78, 5) is 0. The van der Waals surface area contributed by atoms with Gasteiger partial charge < -0.3 is 4.12 Å². The molecule has 30 heavy (non-hydrogen) atoms. The minimum absolute atomic E-state index is 0.394. The second-order valence-corrected chi connectivity index (χ2v) is 18.4. The van der Waals surface area contributed by atoms with Crippen molar-refractivity contribution in [3.63, 3.8) is 0 Å². The summed E-state index contributed by atoms with van der Waals surface area (Å²) in [5.74, 6) is 0.933. The summed E-state index contributed by atoms with van der Waals surface area (Å²) in [6, 6.07) is 35.0. The summed E-state index contributed by atoms with van der Waals surface area (Å²) in [6.07, 6.45) is 0. The van der Waals surface area contributed by atoms with Gasteiger partial charge in [-0.25, -0.2) is 0 Å². The van der Waals surface area contributed by atoms with Crippen LogP contribution in [0.4, 0.5) is 0 Å². The van der Waals surface area contributed by atoms with Crippen molar-refractivity contribution in [3.8, 4) is 0 Å². The van der Waals surface area contributed by atoms with Crippen molar-refractivity contribution in [2.24, 2.45) is 0 Å². The lowest BCUT2D eigenvalue weighted by Gasteiger charge is -2.37. The van der Waals surface area contributed by atoms with Gasteiger partial charge in [-0.2, -0.15) is 0 Å². The summed E-state index contributed by atoms with van der Waals surface area (Å²) in [5.41, 5.74) is 4.21. The zero-order valence-electron chi connectivity index (χ0n) is 19.1. The average Bonchev–Trinajstić information content (AvgIpc) is 2.73. The Hall–Kier alpha value is -1.95. The summed E-state index contributed by atoms with van der Waals surface area (Å²) >= 11 is 0. The zero-order chi connectivity index (χ0) is 21.6. The molecule has 0 fully saturated rings. The predicted molar refractivity (Wildman–Crippen MR) is 135 cm³/mol. The van der Waals surface area contributed by atoms with E-state index in [4.69, 9.17) is 4.12 Å². The first-order valence-corrected chi connectivity index (χ1v) is 17.3. The number of hydrogen-bond acceptors (Lipinski definition) is 1. The van der Waals surface area contributed by atoms with E-state index >= 15 is 0 Å². The van der Waals surface area contributed by atoms with Crippen molar-refractivity contribution in [2.75, 3.05) is 0 Å². The largest absolute Gasteiger partial charge is 0.455 e. The number of rotatable bonds is 9. The molecule has 1 nitrogen and oxygen atoms in total. The van der Waals surface area contributed by atoms with Crippen LogP contribution >= 0.6 is 0 Å². The predicted octanol–water partition coefficient (Wildman–Crippen LogP) is 8.05. The third-order valence-electron chi connectivity index (χ3n) is 5.82. The fourth-order valence-corrected chi connectivity index (χ4v) is 14.6. The molecule has 1 atom stereocenters. The van der Waals surface area contributed by atoms with Crippen molar-refractivity contribution < 1.29 is 4.12 Å². The molecule has 0 N–H and O–H groups in total. The highest BCUT2D eigenvalue weighted by atomic mass is 28.4. The van der Waals surface area contributed by atoms with Gasteiger partial charge in [-0.15, -0.1) is 0 Å². The maximum Gasteiger partial charge on any atom is 0.174 e. The maximum atomic E-state index is 7.07. The summed E-state index contributed by atoms with van der Waals surface area (Å²) in [7, 11) is -3.67. The van der Waals surface area contributed by atoms with Crippen molar-refractivity contribution in [2.45, 2.75) is 57.0 Å². The van der Waals surface area contributed by atoms with Crippen LogP contribution in [0.2, 0.25) is 38.3 Å². The number of benzene rings is 3. The van der Waals surface area contributed by atoms with E-state index in [2.05, 4.69) is 124 Å². The second-order valence-electron chi connectivity index (χ2n) is 9.72. The summed E-state index contributed by atoms with van der Waals surface area (Å²) < 4.78 is 7.07. The second kappa shape index (κ2) is 9.91. The molecule has 158 valence electrons. The Bertz CT molecular complexity index is 852. The van der Waals surface area contributed by atoms with Gasteiger partial charge in [0.1, 0.15) is 0 Å². The van der Waals surface area contributed by atoms with Crippen LogP contribution < -0.4 is 0 Å². The topological polar surface area (TPSA) is 9.23 Å². The average molecular weight is 433 g/mol. The molecule has 1 unspecified atom stereocenters. The molecule has 0 saturated carbocycles. The minimum atomic E-state index is -1.87. The molecule has 0 aromatic heterocycles. The zero-order valence-corrected chi connectivity index (χ0v) is 21.1. The van der Waals surface area contributed by atoms with Gasteiger partial charge in [0.25, 0.3) is 0 Å². The smallest absolute Gasteiger partial charge is 0.174 e. The van der Waals surface area contributed by atoms with Crippen LogP contribution in [0.25, 0.3) is 0 Å². The molecule has 0 aliphatic rings. The first-order valence-electron chi connectivity index (χ1n) is 11.1. The highest BCUT2D eigenvalue weighted by Crippen LogP contribution is 2.36. The standard InChI is InChI=1S/C27H36OSi2/c1-23(24-15-9-6-10-16-24)21-29(2,3)28-30(4,5)22-27(25-17-11-7-12-18-25)26-19-13-8-14-20-26/h6-20,23,27H,21-22H2,1-5H3. The van der Waals surface area contributed by atoms with Crippen LogP contribution in [-0.4, -0.2) is 16.6 Å². The summed E-state index contributed by atoms with van der Waals surface area (Å²) in [5, 5.41) is 0. The molecule has 3 aromatic rings. The molecule has 0 bridgehead atoms. The van der Waals surface area contributed by atoms with Gasteiger partial charge in [-0.05, 0) is 60.9 Å². The lowest BCUT2D eigenvalue weighted by molar-refractivity contribution is 0.524. The van der Waals surface area contributed by atoms with Crippen molar-refractivity contribution >= 4 is 16.6 Å². The Morgan fingerprint density at radius 2 is 0.933 bits per heavy atom. The number of hydrogen-bond donors (Lipinski definition) is 0. The normalized spacial score (nSPS) is 13.4. The lowest BCUT2D eigenvalue weighted by atomic mass is 9.93. The van der Waals surface area contributed by atoms with E-state index < -0.39 is 16.6 Å². The Morgan fingerprint density at radius 3 is 1.37 bits per heavy atom. The molecule has 0 saturated heterocycles.